The number of benzene rings is 2. The summed E-state index contributed by atoms with van der Waals surface area (Å²) in [5.74, 6) is 0.886. The number of methoxy groups -OCH3 is 1. The lowest BCUT2D eigenvalue weighted by Gasteiger charge is -2.08. The standard InChI is InChI=1S/C16H16O/c1-3-16(13-7-5-4-6-8-13)14-9-11-15(17-2)12-10-14/h3-12H,1-2H3. The second-order valence-corrected chi connectivity index (χ2v) is 3.80. The molecule has 17 heavy (non-hydrogen) atoms. The van der Waals surface area contributed by atoms with Gasteiger partial charge in [0.2, 0.25) is 0 Å². The van der Waals surface area contributed by atoms with E-state index in [2.05, 4.69) is 49.4 Å². The summed E-state index contributed by atoms with van der Waals surface area (Å²) in [5.41, 5.74) is 3.69. The molecule has 2 rings (SSSR count). The third-order valence-corrected chi connectivity index (χ3v) is 2.77. The summed E-state index contributed by atoms with van der Waals surface area (Å²) >= 11 is 0. The van der Waals surface area contributed by atoms with Crippen molar-refractivity contribution >= 4 is 5.57 Å². The maximum absolute atomic E-state index is 5.17. The second-order valence-electron chi connectivity index (χ2n) is 3.80. The molecular formula is C16H16O. The molecule has 0 aromatic heterocycles. The molecule has 0 bridgehead atoms. The Bertz CT molecular complexity index is 495. The third kappa shape index (κ3) is 2.56. The first-order valence-electron chi connectivity index (χ1n) is 5.71. The van der Waals surface area contributed by atoms with Gasteiger partial charge in [0.1, 0.15) is 5.75 Å². The van der Waals surface area contributed by atoms with E-state index in [1.807, 2.05) is 18.2 Å². The first-order chi connectivity index (χ1) is 8.35. The van der Waals surface area contributed by atoms with Crippen LogP contribution in [0.5, 0.6) is 5.75 Å². The van der Waals surface area contributed by atoms with Crippen molar-refractivity contribution in [1.82, 2.24) is 0 Å². The zero-order valence-electron chi connectivity index (χ0n) is 10.2. The minimum Gasteiger partial charge on any atom is -0.497 e. The highest BCUT2D eigenvalue weighted by molar-refractivity contribution is 5.79. The van der Waals surface area contributed by atoms with Gasteiger partial charge in [-0.05, 0) is 35.8 Å². The number of hydrogen-bond acceptors (Lipinski definition) is 1. The van der Waals surface area contributed by atoms with Crippen molar-refractivity contribution in [3.05, 3.63) is 71.8 Å². The van der Waals surface area contributed by atoms with Crippen LogP contribution in [0.2, 0.25) is 0 Å². The molecule has 0 fully saturated rings. The van der Waals surface area contributed by atoms with Crippen LogP contribution < -0.4 is 4.74 Å². The number of rotatable bonds is 3. The van der Waals surface area contributed by atoms with Gasteiger partial charge in [0.15, 0.2) is 0 Å². The van der Waals surface area contributed by atoms with Gasteiger partial charge in [-0.1, -0.05) is 48.5 Å². The van der Waals surface area contributed by atoms with E-state index in [0.29, 0.717) is 0 Å². The van der Waals surface area contributed by atoms with Crippen LogP contribution in [0.3, 0.4) is 0 Å². The van der Waals surface area contributed by atoms with Crippen LogP contribution in [0.4, 0.5) is 0 Å². The van der Waals surface area contributed by atoms with Crippen molar-refractivity contribution in [2.24, 2.45) is 0 Å². The molecule has 0 N–H and O–H groups in total. The summed E-state index contributed by atoms with van der Waals surface area (Å²) in [6.07, 6.45) is 2.14. The van der Waals surface area contributed by atoms with E-state index < -0.39 is 0 Å². The lowest BCUT2D eigenvalue weighted by atomic mass is 9.98. The van der Waals surface area contributed by atoms with Gasteiger partial charge in [0.25, 0.3) is 0 Å². The molecule has 0 amide bonds. The summed E-state index contributed by atoms with van der Waals surface area (Å²) in [7, 11) is 1.68. The summed E-state index contributed by atoms with van der Waals surface area (Å²) < 4.78 is 5.17. The zero-order valence-corrected chi connectivity index (χ0v) is 10.2. The Balaban J connectivity index is 2.37. The fraction of sp³-hybridized carbons (Fsp3) is 0.125. The van der Waals surface area contributed by atoms with Crippen LogP contribution >= 0.6 is 0 Å². The van der Waals surface area contributed by atoms with Crippen molar-refractivity contribution in [2.45, 2.75) is 6.92 Å². The Labute approximate surface area is 102 Å². The van der Waals surface area contributed by atoms with E-state index in [4.69, 9.17) is 4.74 Å². The predicted molar refractivity (Wildman–Crippen MR) is 72.2 cm³/mol. The molecule has 86 valence electrons. The van der Waals surface area contributed by atoms with Gasteiger partial charge in [0.05, 0.1) is 7.11 Å². The molecule has 1 nitrogen and oxygen atoms in total. The smallest absolute Gasteiger partial charge is 0.118 e. The summed E-state index contributed by atoms with van der Waals surface area (Å²) in [4.78, 5) is 0. The van der Waals surface area contributed by atoms with Gasteiger partial charge < -0.3 is 4.74 Å². The number of hydrogen-bond donors (Lipinski definition) is 0. The molecule has 0 radical (unpaired) electrons. The van der Waals surface area contributed by atoms with Crippen molar-refractivity contribution in [3.8, 4) is 5.75 Å². The quantitative estimate of drug-likeness (QED) is 0.761. The van der Waals surface area contributed by atoms with Crippen molar-refractivity contribution in [1.29, 1.82) is 0 Å². The van der Waals surface area contributed by atoms with Crippen molar-refractivity contribution in [2.75, 3.05) is 7.11 Å². The highest BCUT2D eigenvalue weighted by atomic mass is 16.5. The highest BCUT2D eigenvalue weighted by Crippen LogP contribution is 2.24. The van der Waals surface area contributed by atoms with Crippen LogP contribution in [0.15, 0.2) is 60.7 Å². The topological polar surface area (TPSA) is 9.23 Å². The Morgan fingerprint density at radius 3 is 2.00 bits per heavy atom. The zero-order chi connectivity index (χ0) is 12.1. The third-order valence-electron chi connectivity index (χ3n) is 2.77. The Morgan fingerprint density at radius 2 is 1.47 bits per heavy atom. The van der Waals surface area contributed by atoms with E-state index in [0.717, 1.165) is 5.75 Å². The highest BCUT2D eigenvalue weighted by Gasteiger charge is 2.03. The number of ether oxygens (including phenoxy) is 1. The van der Waals surface area contributed by atoms with Crippen molar-refractivity contribution in [3.63, 3.8) is 0 Å². The molecule has 1 heteroatoms. The van der Waals surface area contributed by atoms with Crippen molar-refractivity contribution < 1.29 is 4.74 Å². The van der Waals surface area contributed by atoms with Gasteiger partial charge in [-0.3, -0.25) is 0 Å². The van der Waals surface area contributed by atoms with Crippen LogP contribution in [-0.2, 0) is 0 Å². The average Bonchev–Trinajstić information content (AvgIpc) is 2.42. The molecule has 0 aliphatic heterocycles. The van der Waals surface area contributed by atoms with Crippen LogP contribution in [0, 0.1) is 0 Å². The lowest BCUT2D eigenvalue weighted by Crippen LogP contribution is -1.88. The van der Waals surface area contributed by atoms with Crippen LogP contribution in [-0.4, -0.2) is 7.11 Å². The molecule has 0 spiro atoms. The Morgan fingerprint density at radius 1 is 0.882 bits per heavy atom. The van der Waals surface area contributed by atoms with Gasteiger partial charge in [-0.2, -0.15) is 0 Å². The summed E-state index contributed by atoms with van der Waals surface area (Å²) in [5, 5.41) is 0. The van der Waals surface area contributed by atoms with E-state index in [1.165, 1.54) is 16.7 Å². The van der Waals surface area contributed by atoms with E-state index in [-0.39, 0.29) is 0 Å². The van der Waals surface area contributed by atoms with Crippen LogP contribution in [0.25, 0.3) is 5.57 Å². The molecule has 2 aromatic rings. The molecule has 0 atom stereocenters. The minimum atomic E-state index is 0.886. The summed E-state index contributed by atoms with van der Waals surface area (Å²) in [6.45, 7) is 2.06. The largest absolute Gasteiger partial charge is 0.497 e. The fourth-order valence-corrected chi connectivity index (χ4v) is 1.89. The first-order valence-corrected chi connectivity index (χ1v) is 5.71. The van der Waals surface area contributed by atoms with Gasteiger partial charge in [0, 0.05) is 0 Å². The first kappa shape index (κ1) is 11.5. The van der Waals surface area contributed by atoms with Gasteiger partial charge in [-0.25, -0.2) is 0 Å². The lowest BCUT2D eigenvalue weighted by molar-refractivity contribution is 0.415. The SMILES string of the molecule is CC=C(c1ccccc1)c1ccc(OC)cc1. The normalized spacial score (nSPS) is 11.3. The minimum absolute atomic E-state index is 0.886. The number of allylic oxidation sites excluding steroid dienone is 1. The molecule has 0 saturated heterocycles. The van der Waals surface area contributed by atoms with Gasteiger partial charge in [-0.15, -0.1) is 0 Å². The average molecular weight is 224 g/mol. The molecule has 2 aromatic carbocycles. The molecular weight excluding hydrogens is 208 g/mol. The Hall–Kier alpha value is -2.02. The molecule has 0 aliphatic carbocycles. The van der Waals surface area contributed by atoms with E-state index in [9.17, 15) is 0 Å². The second kappa shape index (κ2) is 5.35. The molecule has 0 saturated carbocycles. The molecule has 0 aliphatic rings. The fourth-order valence-electron chi connectivity index (χ4n) is 1.89. The van der Waals surface area contributed by atoms with Crippen LogP contribution in [0.1, 0.15) is 18.1 Å². The molecule has 0 heterocycles. The maximum Gasteiger partial charge on any atom is 0.118 e. The maximum atomic E-state index is 5.17. The predicted octanol–water partition coefficient (Wildman–Crippen LogP) is 4.15. The van der Waals surface area contributed by atoms with E-state index >= 15 is 0 Å². The Kier molecular flexibility index (Phi) is 3.61. The monoisotopic (exact) mass is 224 g/mol. The van der Waals surface area contributed by atoms with Gasteiger partial charge >= 0.3 is 0 Å². The summed E-state index contributed by atoms with van der Waals surface area (Å²) in [6, 6.07) is 18.5. The van der Waals surface area contributed by atoms with E-state index in [1.54, 1.807) is 7.11 Å². The molecule has 0 unspecified atom stereocenters.